The molecule has 4 nitrogen and oxygen atoms in total. The van der Waals surface area contributed by atoms with Gasteiger partial charge in [0.25, 0.3) is 0 Å². The van der Waals surface area contributed by atoms with Crippen molar-refractivity contribution in [3.63, 3.8) is 0 Å². The summed E-state index contributed by atoms with van der Waals surface area (Å²) < 4.78 is 45.7. The van der Waals surface area contributed by atoms with Crippen LogP contribution in [0.25, 0.3) is 0 Å². The zero-order chi connectivity index (χ0) is 14.6. The van der Waals surface area contributed by atoms with Crippen molar-refractivity contribution >= 4 is 0 Å². The van der Waals surface area contributed by atoms with E-state index in [4.69, 9.17) is 10.5 Å². The van der Waals surface area contributed by atoms with E-state index in [9.17, 15) is 13.2 Å². The fourth-order valence-electron chi connectivity index (χ4n) is 1.73. The average Bonchev–Trinajstić information content (AvgIpc) is 2.91. The number of nitrogens with zero attached hydrogens (tertiary/aromatic N) is 2. The minimum absolute atomic E-state index is 0.0540. The second-order valence-electron chi connectivity index (χ2n) is 4.18. The molecule has 0 bridgehead atoms. The number of halogens is 3. The Kier molecular flexibility index (Phi) is 4.29. The van der Waals surface area contributed by atoms with Crippen LogP contribution in [0.1, 0.15) is 11.1 Å². The summed E-state index contributed by atoms with van der Waals surface area (Å²) in [5.41, 5.74) is 4.97. The van der Waals surface area contributed by atoms with Gasteiger partial charge in [0.2, 0.25) is 0 Å². The Morgan fingerprint density at radius 1 is 1.30 bits per heavy atom. The van der Waals surface area contributed by atoms with Gasteiger partial charge in [-0.25, -0.2) is 4.98 Å². The van der Waals surface area contributed by atoms with Crippen molar-refractivity contribution in [3.8, 4) is 5.75 Å². The van der Waals surface area contributed by atoms with Gasteiger partial charge >= 0.3 is 6.18 Å². The highest BCUT2D eigenvalue weighted by Crippen LogP contribution is 2.36. The van der Waals surface area contributed by atoms with Crippen molar-refractivity contribution < 1.29 is 17.9 Å². The van der Waals surface area contributed by atoms with E-state index in [0.717, 1.165) is 6.07 Å². The van der Waals surface area contributed by atoms with Gasteiger partial charge < -0.3 is 15.0 Å². The predicted molar refractivity (Wildman–Crippen MR) is 67.1 cm³/mol. The van der Waals surface area contributed by atoms with Crippen molar-refractivity contribution in [1.82, 2.24) is 9.55 Å². The number of imidazole rings is 1. The Morgan fingerprint density at radius 2 is 2.10 bits per heavy atom. The molecule has 7 heteroatoms. The van der Waals surface area contributed by atoms with Crippen LogP contribution in [0.15, 0.2) is 36.9 Å². The molecule has 0 aliphatic carbocycles. The van der Waals surface area contributed by atoms with Gasteiger partial charge in [-0.3, -0.25) is 0 Å². The summed E-state index contributed by atoms with van der Waals surface area (Å²) in [4.78, 5) is 3.84. The molecule has 108 valence electrons. The van der Waals surface area contributed by atoms with Gasteiger partial charge in [0, 0.05) is 18.9 Å². The lowest BCUT2D eigenvalue weighted by Gasteiger charge is -2.15. The maximum atomic E-state index is 12.9. The highest BCUT2D eigenvalue weighted by atomic mass is 19.4. The maximum absolute atomic E-state index is 12.9. The molecule has 1 aromatic carbocycles. The molecule has 1 aromatic heterocycles. The van der Waals surface area contributed by atoms with Crippen molar-refractivity contribution in [3.05, 3.63) is 48.0 Å². The second kappa shape index (κ2) is 5.96. The van der Waals surface area contributed by atoms with E-state index in [1.165, 1.54) is 12.1 Å². The third kappa shape index (κ3) is 3.51. The Hall–Kier alpha value is -2.02. The lowest BCUT2D eigenvalue weighted by molar-refractivity contribution is -0.139. The number of rotatable bonds is 5. The Morgan fingerprint density at radius 3 is 2.70 bits per heavy atom. The molecule has 0 saturated heterocycles. The van der Waals surface area contributed by atoms with Gasteiger partial charge in [0.15, 0.2) is 0 Å². The molecule has 20 heavy (non-hydrogen) atoms. The number of hydrogen-bond donors (Lipinski definition) is 1. The third-order valence-corrected chi connectivity index (χ3v) is 2.75. The van der Waals surface area contributed by atoms with Crippen LogP contribution in [0.3, 0.4) is 0 Å². The minimum atomic E-state index is -4.46. The zero-order valence-corrected chi connectivity index (χ0v) is 10.6. The van der Waals surface area contributed by atoms with Gasteiger partial charge in [0.05, 0.1) is 18.4 Å². The molecule has 2 rings (SSSR count). The first kappa shape index (κ1) is 14.4. The Labute approximate surface area is 114 Å². The van der Waals surface area contributed by atoms with Crippen LogP contribution >= 0.6 is 0 Å². The molecule has 0 aliphatic heterocycles. The fourth-order valence-corrected chi connectivity index (χ4v) is 1.73. The van der Waals surface area contributed by atoms with Crippen LogP contribution in [-0.4, -0.2) is 16.2 Å². The molecule has 0 aliphatic rings. The second-order valence-corrected chi connectivity index (χ2v) is 4.18. The zero-order valence-electron chi connectivity index (χ0n) is 10.6. The summed E-state index contributed by atoms with van der Waals surface area (Å²) in [6.45, 7) is 0.607. The lowest BCUT2D eigenvalue weighted by Crippen LogP contribution is -2.13. The van der Waals surface area contributed by atoms with Crippen LogP contribution in [0.2, 0.25) is 0 Å². The molecule has 0 amide bonds. The predicted octanol–water partition coefficient (Wildman–Crippen LogP) is 2.44. The summed E-state index contributed by atoms with van der Waals surface area (Å²) >= 11 is 0. The summed E-state index contributed by atoms with van der Waals surface area (Å²) in [7, 11) is 0. The smallest absolute Gasteiger partial charge is 0.419 e. The highest BCUT2D eigenvalue weighted by Gasteiger charge is 2.34. The number of benzene rings is 1. The van der Waals surface area contributed by atoms with Crippen LogP contribution in [0.4, 0.5) is 13.2 Å². The van der Waals surface area contributed by atoms with E-state index in [1.54, 1.807) is 23.3 Å². The summed E-state index contributed by atoms with van der Waals surface area (Å²) in [6.07, 6.45) is 0.420. The van der Waals surface area contributed by atoms with E-state index in [1.807, 2.05) is 0 Å². The van der Waals surface area contributed by atoms with Gasteiger partial charge in [-0.1, -0.05) is 6.07 Å². The topological polar surface area (TPSA) is 53.1 Å². The molecule has 0 radical (unpaired) electrons. The maximum Gasteiger partial charge on any atom is 0.419 e. The first-order chi connectivity index (χ1) is 9.50. The molecule has 0 fully saturated rings. The van der Waals surface area contributed by atoms with E-state index >= 15 is 0 Å². The first-order valence-electron chi connectivity index (χ1n) is 5.99. The molecular formula is C13H14F3N3O. The van der Waals surface area contributed by atoms with Crippen LogP contribution in [0, 0.1) is 0 Å². The summed E-state index contributed by atoms with van der Waals surface area (Å²) in [5.74, 6) is -0.185. The van der Waals surface area contributed by atoms with E-state index in [2.05, 4.69) is 4.98 Å². The molecule has 2 N–H and O–H groups in total. The SMILES string of the molecule is NCc1ccc(OCCn2ccnc2)c(C(F)(F)F)c1. The van der Waals surface area contributed by atoms with Crippen molar-refractivity contribution in [2.45, 2.75) is 19.3 Å². The molecule has 0 saturated carbocycles. The number of nitrogens with two attached hydrogens (primary N) is 1. The van der Waals surface area contributed by atoms with Gasteiger partial charge in [-0.2, -0.15) is 13.2 Å². The molecule has 0 atom stereocenters. The highest BCUT2D eigenvalue weighted by molar-refractivity contribution is 5.39. The Bertz CT molecular complexity index is 552. The van der Waals surface area contributed by atoms with Crippen LogP contribution in [0.5, 0.6) is 5.75 Å². The van der Waals surface area contributed by atoms with Crippen LogP contribution in [-0.2, 0) is 19.3 Å². The molecule has 0 unspecified atom stereocenters. The Balaban J connectivity index is 2.10. The number of hydrogen-bond acceptors (Lipinski definition) is 3. The van der Waals surface area contributed by atoms with E-state index < -0.39 is 11.7 Å². The molecule has 2 aromatic rings. The largest absolute Gasteiger partial charge is 0.491 e. The summed E-state index contributed by atoms with van der Waals surface area (Å²) in [5, 5.41) is 0. The number of alkyl halides is 3. The fraction of sp³-hybridized carbons (Fsp3) is 0.308. The average molecular weight is 285 g/mol. The van der Waals surface area contributed by atoms with Gasteiger partial charge in [-0.15, -0.1) is 0 Å². The van der Waals surface area contributed by atoms with E-state index in [0.29, 0.717) is 12.1 Å². The molecular weight excluding hydrogens is 271 g/mol. The van der Waals surface area contributed by atoms with Crippen LogP contribution < -0.4 is 10.5 Å². The van der Waals surface area contributed by atoms with Gasteiger partial charge in [-0.05, 0) is 17.7 Å². The summed E-state index contributed by atoms with van der Waals surface area (Å²) in [6, 6.07) is 3.85. The third-order valence-electron chi connectivity index (χ3n) is 2.75. The molecule has 0 spiro atoms. The van der Waals surface area contributed by atoms with E-state index in [-0.39, 0.29) is 18.9 Å². The van der Waals surface area contributed by atoms with Gasteiger partial charge in [0.1, 0.15) is 12.4 Å². The van der Waals surface area contributed by atoms with Crippen molar-refractivity contribution in [2.24, 2.45) is 5.73 Å². The first-order valence-corrected chi connectivity index (χ1v) is 5.99. The number of ether oxygens (including phenoxy) is 1. The van der Waals surface area contributed by atoms with Crippen molar-refractivity contribution in [1.29, 1.82) is 0 Å². The normalized spacial score (nSPS) is 11.6. The number of aromatic nitrogens is 2. The monoisotopic (exact) mass is 285 g/mol. The van der Waals surface area contributed by atoms with Crippen molar-refractivity contribution in [2.75, 3.05) is 6.61 Å². The quantitative estimate of drug-likeness (QED) is 0.918. The molecule has 1 heterocycles. The lowest BCUT2D eigenvalue weighted by atomic mass is 10.1. The minimum Gasteiger partial charge on any atom is -0.491 e. The standard InChI is InChI=1S/C13H14F3N3O/c14-13(15,16)11-7-10(8-17)1-2-12(11)20-6-5-19-4-3-18-9-19/h1-4,7,9H,5-6,8,17H2.